The van der Waals surface area contributed by atoms with Gasteiger partial charge in [0, 0.05) is 12.1 Å². The Balaban J connectivity index is 1.26. The molecule has 6 heteroatoms. The quantitative estimate of drug-likeness (QED) is 0.451. The molecular formula is C25H22N2O4. The van der Waals surface area contributed by atoms with E-state index in [4.69, 9.17) is 4.74 Å². The molecule has 31 heavy (non-hydrogen) atoms. The minimum absolute atomic E-state index is 0.172. The molecule has 1 heterocycles. The van der Waals surface area contributed by atoms with Crippen LogP contribution in [0.2, 0.25) is 0 Å². The number of hydrogen-bond donors (Lipinski definition) is 1. The van der Waals surface area contributed by atoms with Gasteiger partial charge in [0.2, 0.25) is 0 Å². The predicted molar refractivity (Wildman–Crippen MR) is 116 cm³/mol. The van der Waals surface area contributed by atoms with Crippen molar-refractivity contribution in [3.63, 3.8) is 0 Å². The number of fused-ring (bicyclic) bond motifs is 1. The topological polar surface area (TPSA) is 75.7 Å². The highest BCUT2D eigenvalue weighted by Gasteiger charge is 2.34. The van der Waals surface area contributed by atoms with Crippen LogP contribution in [0.1, 0.15) is 43.1 Å². The minimum Gasteiger partial charge on any atom is -0.494 e. The Bertz CT molecular complexity index is 1060. The van der Waals surface area contributed by atoms with E-state index in [9.17, 15) is 14.4 Å². The fourth-order valence-electron chi connectivity index (χ4n) is 3.41. The summed E-state index contributed by atoms with van der Waals surface area (Å²) < 4.78 is 5.60. The van der Waals surface area contributed by atoms with Crippen LogP contribution >= 0.6 is 0 Å². The first-order valence-electron chi connectivity index (χ1n) is 10.1. The fourth-order valence-corrected chi connectivity index (χ4v) is 3.41. The van der Waals surface area contributed by atoms with Gasteiger partial charge in [0.15, 0.2) is 0 Å². The van der Waals surface area contributed by atoms with E-state index < -0.39 is 0 Å². The summed E-state index contributed by atoms with van der Waals surface area (Å²) in [4.78, 5) is 38.5. The van der Waals surface area contributed by atoms with Gasteiger partial charge in [-0.1, -0.05) is 42.5 Å². The Hall–Kier alpha value is -3.93. The summed E-state index contributed by atoms with van der Waals surface area (Å²) in [6.07, 6.45) is 0.693. The van der Waals surface area contributed by atoms with Crippen molar-refractivity contribution in [2.24, 2.45) is 0 Å². The van der Waals surface area contributed by atoms with Gasteiger partial charge in [-0.2, -0.15) is 0 Å². The van der Waals surface area contributed by atoms with Gasteiger partial charge in [0.05, 0.1) is 24.3 Å². The molecule has 0 spiro atoms. The highest BCUT2D eigenvalue weighted by Crippen LogP contribution is 2.24. The number of nitrogens with zero attached hydrogens (tertiary/aromatic N) is 1. The van der Waals surface area contributed by atoms with Gasteiger partial charge in [0.25, 0.3) is 17.7 Å². The Kier molecular flexibility index (Phi) is 6.08. The molecule has 1 aliphatic rings. The summed E-state index contributed by atoms with van der Waals surface area (Å²) in [7, 11) is 0. The fraction of sp³-hybridized carbons (Fsp3) is 0.160. The maximum atomic E-state index is 12.5. The van der Waals surface area contributed by atoms with Gasteiger partial charge in [0.1, 0.15) is 5.75 Å². The monoisotopic (exact) mass is 414 g/mol. The average Bonchev–Trinajstić information content (AvgIpc) is 3.05. The molecule has 6 nitrogen and oxygen atoms in total. The number of benzene rings is 3. The summed E-state index contributed by atoms with van der Waals surface area (Å²) in [5, 5.41) is 2.87. The number of imide groups is 1. The van der Waals surface area contributed by atoms with E-state index in [1.807, 2.05) is 30.3 Å². The number of hydrogen-bond acceptors (Lipinski definition) is 4. The second kappa shape index (κ2) is 9.26. The second-order valence-corrected chi connectivity index (χ2v) is 7.21. The summed E-state index contributed by atoms with van der Waals surface area (Å²) >= 11 is 0. The summed E-state index contributed by atoms with van der Waals surface area (Å²) in [5.41, 5.74) is 2.16. The van der Waals surface area contributed by atoms with Crippen LogP contribution < -0.4 is 10.1 Å². The minimum atomic E-state index is -0.292. The van der Waals surface area contributed by atoms with Crippen LogP contribution in [-0.4, -0.2) is 35.8 Å². The van der Waals surface area contributed by atoms with Gasteiger partial charge >= 0.3 is 0 Å². The molecular weight excluding hydrogens is 392 g/mol. The summed E-state index contributed by atoms with van der Waals surface area (Å²) in [6, 6.07) is 23.3. The summed E-state index contributed by atoms with van der Waals surface area (Å²) in [5.74, 6) is 0.0507. The maximum absolute atomic E-state index is 12.5. The van der Waals surface area contributed by atoms with Crippen LogP contribution in [0.25, 0.3) is 0 Å². The lowest BCUT2D eigenvalue weighted by Gasteiger charge is -2.14. The SMILES string of the molecule is O=C(NCCCOc1ccccc1)c1ccc(CN2C(=O)c3ccccc3C2=O)cc1. The van der Waals surface area contributed by atoms with E-state index in [0.717, 1.165) is 11.3 Å². The number of nitrogens with one attached hydrogen (secondary N) is 1. The number of carbonyl (C=O) groups excluding carboxylic acids is 3. The third-order valence-electron chi connectivity index (χ3n) is 5.05. The molecule has 0 saturated heterocycles. The molecule has 0 radical (unpaired) electrons. The molecule has 0 aromatic heterocycles. The van der Waals surface area contributed by atoms with E-state index in [-0.39, 0.29) is 24.3 Å². The van der Waals surface area contributed by atoms with Crippen molar-refractivity contribution in [2.75, 3.05) is 13.2 Å². The number of carbonyl (C=O) groups is 3. The third-order valence-corrected chi connectivity index (χ3v) is 5.05. The second-order valence-electron chi connectivity index (χ2n) is 7.21. The smallest absolute Gasteiger partial charge is 0.261 e. The lowest BCUT2D eigenvalue weighted by atomic mass is 10.1. The lowest BCUT2D eigenvalue weighted by molar-refractivity contribution is 0.0641. The van der Waals surface area contributed by atoms with Crippen molar-refractivity contribution in [3.05, 3.63) is 101 Å². The van der Waals surface area contributed by atoms with Crippen LogP contribution in [-0.2, 0) is 6.54 Å². The molecule has 0 saturated carbocycles. The van der Waals surface area contributed by atoms with Crippen molar-refractivity contribution in [1.82, 2.24) is 10.2 Å². The molecule has 3 amide bonds. The van der Waals surface area contributed by atoms with Crippen molar-refractivity contribution in [3.8, 4) is 5.75 Å². The largest absolute Gasteiger partial charge is 0.494 e. The first kappa shape index (κ1) is 20.3. The first-order chi connectivity index (χ1) is 15.1. The van der Waals surface area contributed by atoms with Gasteiger partial charge in [-0.05, 0) is 48.4 Å². The van der Waals surface area contributed by atoms with Crippen LogP contribution in [0.3, 0.4) is 0 Å². The highest BCUT2D eigenvalue weighted by atomic mass is 16.5. The molecule has 0 unspecified atom stereocenters. The predicted octanol–water partition coefficient (Wildman–Crippen LogP) is 3.68. The van der Waals surface area contributed by atoms with Crippen LogP contribution in [0.5, 0.6) is 5.75 Å². The number of para-hydroxylation sites is 1. The van der Waals surface area contributed by atoms with Crippen LogP contribution in [0, 0.1) is 0 Å². The van der Waals surface area contributed by atoms with Gasteiger partial charge in [-0.25, -0.2) is 0 Å². The number of amides is 3. The molecule has 3 aromatic rings. The Morgan fingerprint density at radius 2 is 1.42 bits per heavy atom. The van der Waals surface area contributed by atoms with Gasteiger partial charge < -0.3 is 10.1 Å². The first-order valence-corrected chi connectivity index (χ1v) is 10.1. The number of rotatable bonds is 8. The molecule has 1 N–H and O–H groups in total. The Labute approximate surface area is 180 Å². The molecule has 156 valence electrons. The molecule has 0 fully saturated rings. The maximum Gasteiger partial charge on any atom is 0.261 e. The van der Waals surface area contributed by atoms with E-state index in [1.165, 1.54) is 4.90 Å². The van der Waals surface area contributed by atoms with Gasteiger partial charge in [-0.3, -0.25) is 19.3 Å². The standard InChI is InChI=1S/C25H22N2O4/c28-23(26-15-6-16-31-20-7-2-1-3-8-20)19-13-11-18(12-14-19)17-27-24(29)21-9-4-5-10-22(21)25(27)30/h1-5,7-14H,6,15-17H2,(H,26,28). The molecule has 0 atom stereocenters. The van der Waals surface area contributed by atoms with Crippen LogP contribution in [0.15, 0.2) is 78.9 Å². The highest BCUT2D eigenvalue weighted by molar-refractivity contribution is 6.21. The zero-order chi connectivity index (χ0) is 21.6. The lowest BCUT2D eigenvalue weighted by Crippen LogP contribution is -2.29. The zero-order valence-electron chi connectivity index (χ0n) is 16.9. The van der Waals surface area contributed by atoms with Crippen LogP contribution in [0.4, 0.5) is 0 Å². The van der Waals surface area contributed by atoms with E-state index in [0.29, 0.717) is 36.3 Å². The average molecular weight is 414 g/mol. The number of ether oxygens (including phenoxy) is 1. The normalized spacial score (nSPS) is 12.6. The Morgan fingerprint density at radius 1 is 0.806 bits per heavy atom. The van der Waals surface area contributed by atoms with Crippen molar-refractivity contribution >= 4 is 17.7 Å². The van der Waals surface area contributed by atoms with E-state index in [2.05, 4.69) is 5.32 Å². The van der Waals surface area contributed by atoms with Crippen molar-refractivity contribution in [1.29, 1.82) is 0 Å². The molecule has 1 aliphatic heterocycles. The zero-order valence-corrected chi connectivity index (χ0v) is 16.9. The van der Waals surface area contributed by atoms with Crippen molar-refractivity contribution < 1.29 is 19.1 Å². The van der Waals surface area contributed by atoms with Gasteiger partial charge in [-0.15, -0.1) is 0 Å². The van der Waals surface area contributed by atoms with E-state index >= 15 is 0 Å². The molecule has 0 bridgehead atoms. The third kappa shape index (κ3) is 4.64. The Morgan fingerprint density at radius 3 is 2.06 bits per heavy atom. The molecule has 4 rings (SSSR count). The van der Waals surface area contributed by atoms with Crippen molar-refractivity contribution in [2.45, 2.75) is 13.0 Å². The molecule has 3 aromatic carbocycles. The summed E-state index contributed by atoms with van der Waals surface area (Å²) in [6.45, 7) is 1.19. The van der Waals surface area contributed by atoms with E-state index in [1.54, 1.807) is 48.5 Å². The molecule has 0 aliphatic carbocycles.